The lowest BCUT2D eigenvalue weighted by Gasteiger charge is -2.17. The second-order valence-corrected chi connectivity index (χ2v) is 10.9. The van der Waals surface area contributed by atoms with Crippen molar-refractivity contribution in [3.05, 3.63) is 152 Å². The molecule has 0 unspecified atom stereocenters. The highest BCUT2D eigenvalue weighted by atomic mass is 15.0. The third kappa shape index (κ3) is 3.12. The Hall–Kier alpha value is -5.40. The highest BCUT2D eigenvalue weighted by Gasteiger charge is 2.20. The molecule has 0 spiro atoms. The summed E-state index contributed by atoms with van der Waals surface area (Å²) in [7, 11) is 0. The molecule has 41 heavy (non-hydrogen) atoms. The van der Waals surface area contributed by atoms with Crippen LogP contribution in [0.5, 0.6) is 0 Å². The van der Waals surface area contributed by atoms with Gasteiger partial charge in [0.2, 0.25) is 0 Å². The molecular weight excluding hydrogens is 494 g/mol. The molecule has 0 atom stereocenters. The molecular formula is C40H25N. The average Bonchev–Trinajstić information content (AvgIpc) is 3.39. The first-order valence-corrected chi connectivity index (χ1v) is 14.2. The second-order valence-electron chi connectivity index (χ2n) is 10.9. The lowest BCUT2D eigenvalue weighted by Crippen LogP contribution is -1.97. The summed E-state index contributed by atoms with van der Waals surface area (Å²) in [4.78, 5) is 0. The molecule has 9 rings (SSSR count). The fraction of sp³-hybridized carbons (Fsp3) is 0. The minimum Gasteiger partial charge on any atom is -0.308 e. The molecule has 190 valence electrons. The zero-order chi connectivity index (χ0) is 26.9. The molecule has 1 aromatic heterocycles. The molecule has 1 nitrogen and oxygen atoms in total. The van der Waals surface area contributed by atoms with Crippen LogP contribution >= 0.6 is 0 Å². The van der Waals surface area contributed by atoms with Crippen molar-refractivity contribution in [1.29, 1.82) is 0 Å². The minimum atomic E-state index is 1.20. The van der Waals surface area contributed by atoms with E-state index in [1.54, 1.807) is 0 Å². The van der Waals surface area contributed by atoms with E-state index < -0.39 is 0 Å². The molecule has 0 aliphatic carbocycles. The molecule has 0 saturated heterocycles. The molecule has 1 heteroatoms. The number of para-hydroxylation sites is 1. The van der Waals surface area contributed by atoms with Gasteiger partial charge in [0.05, 0.1) is 16.7 Å². The van der Waals surface area contributed by atoms with Crippen molar-refractivity contribution >= 4 is 64.9 Å². The van der Waals surface area contributed by atoms with Gasteiger partial charge in [0, 0.05) is 21.5 Å². The third-order valence-electron chi connectivity index (χ3n) is 8.77. The van der Waals surface area contributed by atoms with Crippen LogP contribution in [0.25, 0.3) is 81.7 Å². The van der Waals surface area contributed by atoms with Crippen molar-refractivity contribution in [3.63, 3.8) is 0 Å². The monoisotopic (exact) mass is 519 g/mol. The van der Waals surface area contributed by atoms with Gasteiger partial charge in [0.15, 0.2) is 0 Å². The van der Waals surface area contributed by atoms with Crippen LogP contribution in [0.15, 0.2) is 152 Å². The van der Waals surface area contributed by atoms with Gasteiger partial charge < -0.3 is 4.57 Å². The van der Waals surface area contributed by atoms with Gasteiger partial charge >= 0.3 is 0 Å². The second kappa shape index (κ2) is 8.55. The Balaban J connectivity index is 1.52. The molecule has 0 N–H and O–H groups in total. The summed E-state index contributed by atoms with van der Waals surface area (Å²) in [6.07, 6.45) is 0. The number of rotatable bonds is 2. The fourth-order valence-electron chi connectivity index (χ4n) is 7.04. The molecule has 8 aromatic carbocycles. The molecule has 0 bridgehead atoms. The van der Waals surface area contributed by atoms with Gasteiger partial charge in [-0.05, 0) is 55.6 Å². The predicted octanol–water partition coefficient (Wildman–Crippen LogP) is 11.1. The van der Waals surface area contributed by atoms with E-state index in [0.29, 0.717) is 0 Å². The summed E-state index contributed by atoms with van der Waals surface area (Å²) in [6, 6.07) is 55.4. The maximum Gasteiger partial charge on any atom is 0.0626 e. The number of nitrogens with zero attached hydrogens (tertiary/aromatic N) is 1. The van der Waals surface area contributed by atoms with E-state index in [9.17, 15) is 0 Å². The normalized spacial score (nSPS) is 11.9. The van der Waals surface area contributed by atoms with Crippen LogP contribution in [-0.2, 0) is 0 Å². The Labute approximate surface area is 237 Å². The van der Waals surface area contributed by atoms with Gasteiger partial charge in [0.1, 0.15) is 0 Å². The lowest BCUT2D eigenvalue weighted by molar-refractivity contribution is 1.21. The van der Waals surface area contributed by atoms with Crippen LogP contribution in [0.3, 0.4) is 0 Å². The molecule has 0 radical (unpaired) electrons. The predicted molar refractivity (Wildman–Crippen MR) is 176 cm³/mol. The van der Waals surface area contributed by atoms with E-state index in [4.69, 9.17) is 0 Å². The Morgan fingerprint density at radius 2 is 0.829 bits per heavy atom. The first kappa shape index (κ1) is 22.4. The maximum atomic E-state index is 2.52. The third-order valence-corrected chi connectivity index (χ3v) is 8.77. The largest absolute Gasteiger partial charge is 0.308 e. The minimum absolute atomic E-state index is 1.20. The topological polar surface area (TPSA) is 4.93 Å². The number of benzene rings is 8. The van der Waals surface area contributed by atoms with Gasteiger partial charge in [-0.3, -0.25) is 0 Å². The average molecular weight is 520 g/mol. The van der Waals surface area contributed by atoms with Gasteiger partial charge in [-0.1, -0.05) is 140 Å². The molecule has 0 amide bonds. The van der Waals surface area contributed by atoms with Gasteiger partial charge in [-0.25, -0.2) is 0 Å². The van der Waals surface area contributed by atoms with E-state index in [2.05, 4.69) is 156 Å². The molecule has 0 aliphatic rings. The maximum absolute atomic E-state index is 2.52. The van der Waals surface area contributed by atoms with Crippen molar-refractivity contribution in [1.82, 2.24) is 4.57 Å². The van der Waals surface area contributed by atoms with Gasteiger partial charge in [-0.2, -0.15) is 0 Å². The fourth-order valence-corrected chi connectivity index (χ4v) is 7.04. The highest BCUT2D eigenvalue weighted by Crippen LogP contribution is 2.44. The van der Waals surface area contributed by atoms with E-state index >= 15 is 0 Å². The smallest absolute Gasteiger partial charge is 0.0626 e. The molecule has 0 saturated carbocycles. The van der Waals surface area contributed by atoms with Crippen molar-refractivity contribution in [2.45, 2.75) is 0 Å². The molecule has 9 aromatic rings. The van der Waals surface area contributed by atoms with Crippen LogP contribution in [-0.4, -0.2) is 4.57 Å². The summed E-state index contributed by atoms with van der Waals surface area (Å²) in [5.74, 6) is 0. The standard InChI is InChI=1S/C40H25N/c1-2-12-26(13-3-1)27-24-25-38(32-18-8-6-14-28(27)32)41-37-21-11-10-19-33(37)36-23-22-35-31-17-5-4-15-29(31)30-16-7-9-20-34(30)39(35)40(36)41/h1-25H. The van der Waals surface area contributed by atoms with Crippen LogP contribution in [0.1, 0.15) is 0 Å². The van der Waals surface area contributed by atoms with Crippen LogP contribution in [0.2, 0.25) is 0 Å². The SMILES string of the molecule is c1ccc(-c2ccc(-n3c4ccccc4c4ccc5c6ccccc6c6ccccc6c5c43)c3ccccc23)cc1. The Kier molecular flexibility index (Phi) is 4.67. The van der Waals surface area contributed by atoms with E-state index in [0.717, 1.165) is 0 Å². The van der Waals surface area contributed by atoms with Crippen molar-refractivity contribution in [2.24, 2.45) is 0 Å². The van der Waals surface area contributed by atoms with E-state index in [1.807, 2.05) is 0 Å². The van der Waals surface area contributed by atoms with Crippen molar-refractivity contribution in [2.75, 3.05) is 0 Å². The van der Waals surface area contributed by atoms with Crippen LogP contribution in [0, 0.1) is 0 Å². The van der Waals surface area contributed by atoms with Crippen molar-refractivity contribution < 1.29 is 0 Å². The van der Waals surface area contributed by atoms with E-state index in [-0.39, 0.29) is 0 Å². The Morgan fingerprint density at radius 1 is 0.317 bits per heavy atom. The van der Waals surface area contributed by atoms with Crippen LogP contribution < -0.4 is 0 Å². The van der Waals surface area contributed by atoms with Crippen molar-refractivity contribution in [3.8, 4) is 16.8 Å². The highest BCUT2D eigenvalue weighted by molar-refractivity contribution is 6.33. The van der Waals surface area contributed by atoms with E-state index in [1.165, 1.54) is 81.7 Å². The quantitative estimate of drug-likeness (QED) is 0.200. The summed E-state index contributed by atoms with van der Waals surface area (Å²) in [6.45, 7) is 0. The number of aromatic nitrogens is 1. The molecule has 1 heterocycles. The Morgan fingerprint density at radius 3 is 1.56 bits per heavy atom. The zero-order valence-corrected chi connectivity index (χ0v) is 22.4. The summed E-state index contributed by atoms with van der Waals surface area (Å²) in [5, 5.41) is 12.9. The summed E-state index contributed by atoms with van der Waals surface area (Å²) in [5.41, 5.74) is 6.19. The van der Waals surface area contributed by atoms with Crippen LogP contribution in [0.4, 0.5) is 0 Å². The van der Waals surface area contributed by atoms with Gasteiger partial charge in [-0.15, -0.1) is 0 Å². The summed E-state index contributed by atoms with van der Waals surface area (Å²) < 4.78 is 2.52. The first-order chi connectivity index (χ1) is 20.4. The molecule has 0 fully saturated rings. The first-order valence-electron chi connectivity index (χ1n) is 14.2. The zero-order valence-electron chi connectivity index (χ0n) is 22.4. The lowest BCUT2D eigenvalue weighted by atomic mass is 9.92. The number of hydrogen-bond acceptors (Lipinski definition) is 0. The Bertz CT molecular complexity index is 2430. The molecule has 0 aliphatic heterocycles. The number of hydrogen-bond donors (Lipinski definition) is 0. The number of fused-ring (bicyclic) bond motifs is 11. The van der Waals surface area contributed by atoms with Gasteiger partial charge in [0.25, 0.3) is 0 Å². The summed E-state index contributed by atoms with van der Waals surface area (Å²) >= 11 is 0.